The highest BCUT2D eigenvalue weighted by molar-refractivity contribution is 7.93. The van der Waals surface area contributed by atoms with Crippen molar-refractivity contribution in [1.29, 1.82) is 5.26 Å². The van der Waals surface area contributed by atoms with Crippen LogP contribution in [0.1, 0.15) is 5.56 Å². The minimum absolute atomic E-state index is 0.0924. The van der Waals surface area contributed by atoms with E-state index in [1.807, 2.05) is 6.07 Å². The zero-order valence-electron chi connectivity index (χ0n) is 11.1. The van der Waals surface area contributed by atoms with E-state index in [0.717, 1.165) is 4.31 Å². The highest BCUT2D eigenvalue weighted by Crippen LogP contribution is 2.29. The lowest BCUT2D eigenvalue weighted by Crippen LogP contribution is -2.28. The van der Waals surface area contributed by atoms with E-state index in [1.165, 1.54) is 25.2 Å². The molecule has 0 spiro atoms. The summed E-state index contributed by atoms with van der Waals surface area (Å²) in [5.41, 5.74) is 6.36. The van der Waals surface area contributed by atoms with Crippen LogP contribution in [0.4, 0.5) is 11.4 Å². The molecule has 0 bridgehead atoms. The van der Waals surface area contributed by atoms with E-state index >= 15 is 0 Å². The average Bonchev–Trinajstić information content (AvgIpc) is 2.48. The lowest BCUT2D eigenvalue weighted by atomic mass is 10.2. The van der Waals surface area contributed by atoms with Gasteiger partial charge in [0.2, 0.25) is 0 Å². The van der Waals surface area contributed by atoms with Gasteiger partial charge in [-0.2, -0.15) is 5.26 Å². The molecule has 2 aromatic carbocycles. The lowest BCUT2D eigenvalue weighted by molar-refractivity contribution is 0.594. The molecule has 2 aromatic rings. The van der Waals surface area contributed by atoms with Gasteiger partial charge in [0.1, 0.15) is 11.0 Å². The molecule has 0 heterocycles. The van der Waals surface area contributed by atoms with Crippen LogP contribution in [0.3, 0.4) is 0 Å². The highest BCUT2D eigenvalue weighted by atomic mass is 35.5. The zero-order valence-corrected chi connectivity index (χ0v) is 12.7. The van der Waals surface area contributed by atoms with Crippen LogP contribution in [0.25, 0.3) is 0 Å². The number of hydrogen-bond acceptors (Lipinski definition) is 4. The summed E-state index contributed by atoms with van der Waals surface area (Å²) in [7, 11) is -2.54. The Balaban J connectivity index is 2.59. The van der Waals surface area contributed by atoms with Gasteiger partial charge < -0.3 is 5.73 Å². The van der Waals surface area contributed by atoms with Gasteiger partial charge in [-0.05, 0) is 30.3 Å². The van der Waals surface area contributed by atoms with Crippen LogP contribution in [0, 0.1) is 11.3 Å². The Labute approximate surface area is 128 Å². The van der Waals surface area contributed by atoms with Crippen molar-refractivity contribution in [3.63, 3.8) is 0 Å². The van der Waals surface area contributed by atoms with Crippen LogP contribution < -0.4 is 10.0 Å². The first-order valence-electron chi connectivity index (χ1n) is 5.91. The summed E-state index contributed by atoms with van der Waals surface area (Å²) in [6, 6.07) is 12.6. The van der Waals surface area contributed by atoms with E-state index in [2.05, 4.69) is 0 Å². The maximum atomic E-state index is 12.7. The van der Waals surface area contributed by atoms with Gasteiger partial charge in [-0.1, -0.05) is 23.7 Å². The fourth-order valence-corrected chi connectivity index (χ4v) is 3.44. The van der Waals surface area contributed by atoms with Crippen molar-refractivity contribution >= 4 is 33.0 Å². The third-order valence-corrected chi connectivity index (χ3v) is 5.04. The molecule has 21 heavy (non-hydrogen) atoms. The number of para-hydroxylation sites is 1. The molecular formula is C14H12ClN3O2S. The molecular weight excluding hydrogens is 310 g/mol. The predicted octanol–water partition coefficient (Wildman–Crippen LogP) is 2.62. The molecule has 108 valence electrons. The quantitative estimate of drug-likeness (QED) is 0.880. The largest absolute Gasteiger partial charge is 0.398 e. The second-order valence-electron chi connectivity index (χ2n) is 4.28. The van der Waals surface area contributed by atoms with Crippen molar-refractivity contribution in [3.8, 4) is 6.07 Å². The summed E-state index contributed by atoms with van der Waals surface area (Å²) in [5, 5.41) is 9.35. The first-order valence-corrected chi connectivity index (χ1v) is 7.73. The molecule has 2 rings (SSSR count). The van der Waals surface area contributed by atoms with Gasteiger partial charge in [-0.25, -0.2) is 8.42 Å². The number of nitrogens with two attached hydrogens (primary N) is 1. The third kappa shape index (κ3) is 2.79. The summed E-state index contributed by atoms with van der Waals surface area (Å²) >= 11 is 5.84. The Hall–Kier alpha value is -2.23. The number of nitriles is 1. The third-order valence-electron chi connectivity index (χ3n) is 2.98. The molecule has 7 heteroatoms. The molecule has 0 radical (unpaired) electrons. The number of anilines is 2. The van der Waals surface area contributed by atoms with Crippen LogP contribution in [0.15, 0.2) is 47.4 Å². The first kappa shape index (κ1) is 15.2. The van der Waals surface area contributed by atoms with Gasteiger partial charge >= 0.3 is 0 Å². The molecule has 0 atom stereocenters. The number of sulfonamides is 1. The Morgan fingerprint density at radius 2 is 1.90 bits per heavy atom. The fourth-order valence-electron chi connectivity index (χ4n) is 1.85. The summed E-state index contributed by atoms with van der Waals surface area (Å²) in [4.78, 5) is -0.0924. The van der Waals surface area contributed by atoms with Gasteiger partial charge in [0.05, 0.1) is 16.9 Å². The topological polar surface area (TPSA) is 87.2 Å². The van der Waals surface area contributed by atoms with Gasteiger partial charge in [0.15, 0.2) is 0 Å². The zero-order chi connectivity index (χ0) is 15.6. The summed E-state index contributed by atoms with van der Waals surface area (Å²) in [6.45, 7) is 0. The molecule has 0 unspecified atom stereocenters. The predicted molar refractivity (Wildman–Crippen MR) is 82.6 cm³/mol. The van der Waals surface area contributed by atoms with Gasteiger partial charge in [0, 0.05) is 12.1 Å². The number of nitrogens with zero attached hydrogens (tertiary/aromatic N) is 2. The van der Waals surface area contributed by atoms with E-state index in [4.69, 9.17) is 22.6 Å². The molecule has 0 aliphatic rings. The summed E-state index contributed by atoms with van der Waals surface area (Å²) in [6.07, 6.45) is 0. The second-order valence-corrected chi connectivity index (χ2v) is 6.66. The highest BCUT2D eigenvalue weighted by Gasteiger charge is 2.25. The van der Waals surface area contributed by atoms with Crippen LogP contribution in [-0.4, -0.2) is 15.5 Å². The molecule has 0 fully saturated rings. The van der Waals surface area contributed by atoms with Crippen LogP contribution >= 0.6 is 11.6 Å². The maximum absolute atomic E-state index is 12.7. The maximum Gasteiger partial charge on any atom is 0.266 e. The minimum Gasteiger partial charge on any atom is -0.398 e. The number of rotatable bonds is 3. The minimum atomic E-state index is -3.91. The number of hydrogen-bond donors (Lipinski definition) is 1. The Morgan fingerprint density at radius 1 is 1.24 bits per heavy atom. The number of benzene rings is 2. The Bertz CT molecular complexity index is 828. The molecule has 0 amide bonds. The van der Waals surface area contributed by atoms with E-state index in [-0.39, 0.29) is 26.9 Å². The van der Waals surface area contributed by atoms with E-state index in [0.29, 0.717) is 0 Å². The number of halogens is 1. The van der Waals surface area contributed by atoms with E-state index < -0.39 is 10.0 Å². The van der Waals surface area contributed by atoms with Crippen molar-refractivity contribution in [3.05, 3.63) is 53.1 Å². The normalized spacial score (nSPS) is 10.9. The van der Waals surface area contributed by atoms with Gasteiger partial charge in [-0.15, -0.1) is 0 Å². The average molecular weight is 322 g/mol. The lowest BCUT2D eigenvalue weighted by Gasteiger charge is -2.21. The van der Waals surface area contributed by atoms with Crippen LogP contribution in [0.5, 0.6) is 0 Å². The monoisotopic (exact) mass is 321 g/mol. The second kappa shape index (κ2) is 5.64. The van der Waals surface area contributed by atoms with Gasteiger partial charge in [-0.3, -0.25) is 4.31 Å². The molecule has 0 aromatic heterocycles. The Morgan fingerprint density at radius 3 is 2.57 bits per heavy atom. The van der Waals surface area contributed by atoms with E-state index in [9.17, 15) is 8.42 Å². The van der Waals surface area contributed by atoms with Crippen molar-refractivity contribution in [1.82, 2.24) is 0 Å². The summed E-state index contributed by atoms with van der Waals surface area (Å²) < 4.78 is 26.3. The standard InChI is InChI=1S/C14H12ClN3O2S/c1-18(13-5-3-2-4-10(13)9-16)21(19,20)14-8-11(15)6-7-12(14)17/h2-8H,17H2,1H3. The SMILES string of the molecule is CN(c1ccccc1C#N)S(=O)(=O)c1cc(Cl)ccc1N. The Kier molecular flexibility index (Phi) is 4.07. The van der Waals surface area contributed by atoms with Crippen molar-refractivity contribution in [2.45, 2.75) is 4.90 Å². The molecule has 0 saturated carbocycles. The smallest absolute Gasteiger partial charge is 0.266 e. The summed E-state index contributed by atoms with van der Waals surface area (Å²) in [5.74, 6) is 0. The van der Waals surface area contributed by atoms with Crippen molar-refractivity contribution in [2.75, 3.05) is 17.1 Å². The molecule has 5 nitrogen and oxygen atoms in total. The number of nitrogen functional groups attached to an aromatic ring is 1. The molecule has 2 N–H and O–H groups in total. The molecule has 0 saturated heterocycles. The fraction of sp³-hybridized carbons (Fsp3) is 0.0714. The van der Waals surface area contributed by atoms with Gasteiger partial charge in [0.25, 0.3) is 10.0 Å². The van der Waals surface area contributed by atoms with Crippen LogP contribution in [-0.2, 0) is 10.0 Å². The van der Waals surface area contributed by atoms with Crippen LogP contribution in [0.2, 0.25) is 5.02 Å². The molecule has 0 aliphatic heterocycles. The first-order chi connectivity index (χ1) is 9.87. The van der Waals surface area contributed by atoms with Crippen molar-refractivity contribution < 1.29 is 8.42 Å². The molecule has 0 aliphatic carbocycles. The van der Waals surface area contributed by atoms with Crippen molar-refractivity contribution in [2.24, 2.45) is 0 Å². The van der Waals surface area contributed by atoms with E-state index in [1.54, 1.807) is 24.3 Å².